The van der Waals surface area contributed by atoms with E-state index in [2.05, 4.69) is 5.32 Å². The number of para-hydroxylation sites is 2. The topological polar surface area (TPSA) is 43.3 Å². The van der Waals surface area contributed by atoms with Crippen LogP contribution in [0.15, 0.2) is 67.0 Å². The van der Waals surface area contributed by atoms with Gasteiger partial charge in [-0.1, -0.05) is 12.1 Å². The molecule has 1 N–H and O–H groups in total. The molecule has 2 aromatic carbocycles. The number of aromatic nitrogens is 1. The maximum absolute atomic E-state index is 13.6. The van der Waals surface area contributed by atoms with Gasteiger partial charge in [0.2, 0.25) is 0 Å². The number of benzene rings is 2. The van der Waals surface area contributed by atoms with Crippen molar-refractivity contribution in [2.75, 3.05) is 12.4 Å². The van der Waals surface area contributed by atoms with E-state index in [0.29, 0.717) is 17.1 Å². The minimum Gasteiger partial charge on any atom is -0.495 e. The van der Waals surface area contributed by atoms with Crippen LogP contribution in [0.1, 0.15) is 10.4 Å². The molecule has 1 heterocycles. The number of anilines is 1. The van der Waals surface area contributed by atoms with Crippen LogP contribution in [0.3, 0.4) is 0 Å². The molecule has 1 aromatic heterocycles. The summed E-state index contributed by atoms with van der Waals surface area (Å²) >= 11 is 0. The molecule has 23 heavy (non-hydrogen) atoms. The predicted molar refractivity (Wildman–Crippen MR) is 86.7 cm³/mol. The van der Waals surface area contributed by atoms with Crippen molar-refractivity contribution < 1.29 is 13.9 Å². The van der Waals surface area contributed by atoms with Crippen LogP contribution >= 0.6 is 0 Å². The summed E-state index contributed by atoms with van der Waals surface area (Å²) in [6.45, 7) is 0. The summed E-state index contributed by atoms with van der Waals surface area (Å²) in [7, 11) is 1.53. The van der Waals surface area contributed by atoms with Gasteiger partial charge in [-0.2, -0.15) is 0 Å². The molecule has 0 saturated carbocycles. The number of nitrogens with zero attached hydrogens (tertiary/aromatic N) is 1. The maximum Gasteiger partial charge on any atom is 0.258 e. The number of hydrogen-bond donors (Lipinski definition) is 1. The van der Waals surface area contributed by atoms with Gasteiger partial charge in [-0.3, -0.25) is 4.79 Å². The number of ether oxygens (including phenoxy) is 1. The number of amides is 1. The molecule has 0 spiro atoms. The monoisotopic (exact) mass is 310 g/mol. The van der Waals surface area contributed by atoms with Crippen molar-refractivity contribution in [3.63, 3.8) is 0 Å². The summed E-state index contributed by atoms with van der Waals surface area (Å²) in [6.07, 6.45) is 3.60. The molecule has 0 atom stereocenters. The van der Waals surface area contributed by atoms with Crippen LogP contribution in [0.2, 0.25) is 0 Å². The third-order valence-electron chi connectivity index (χ3n) is 3.44. The standard InChI is InChI=1S/C18H15FN2O2/c1-23-17-7-3-2-6-15(17)20-18(22)14-12-13(19)8-9-16(14)21-10-4-5-11-21/h2-12H,1H3,(H,20,22). The first-order valence-corrected chi connectivity index (χ1v) is 7.06. The van der Waals surface area contributed by atoms with Crippen molar-refractivity contribution in [2.24, 2.45) is 0 Å². The number of nitrogens with one attached hydrogen (secondary N) is 1. The van der Waals surface area contributed by atoms with Crippen molar-refractivity contribution in [3.05, 3.63) is 78.4 Å². The Labute approximate surface area is 133 Å². The van der Waals surface area contributed by atoms with E-state index in [1.54, 1.807) is 41.2 Å². The van der Waals surface area contributed by atoms with Crippen molar-refractivity contribution >= 4 is 11.6 Å². The first-order chi connectivity index (χ1) is 11.2. The molecule has 5 heteroatoms. The fraction of sp³-hybridized carbons (Fsp3) is 0.0556. The fourth-order valence-corrected chi connectivity index (χ4v) is 2.35. The van der Waals surface area contributed by atoms with Gasteiger partial charge < -0.3 is 14.6 Å². The van der Waals surface area contributed by atoms with Crippen molar-refractivity contribution in [1.82, 2.24) is 4.57 Å². The van der Waals surface area contributed by atoms with Crippen molar-refractivity contribution in [1.29, 1.82) is 0 Å². The number of carbonyl (C=O) groups is 1. The largest absolute Gasteiger partial charge is 0.495 e. The minimum absolute atomic E-state index is 0.243. The Balaban J connectivity index is 1.98. The summed E-state index contributed by atoms with van der Waals surface area (Å²) in [5.41, 5.74) is 1.37. The molecule has 0 aliphatic carbocycles. The first-order valence-electron chi connectivity index (χ1n) is 7.06. The lowest BCUT2D eigenvalue weighted by Gasteiger charge is -2.13. The van der Waals surface area contributed by atoms with Crippen LogP contribution in [-0.4, -0.2) is 17.6 Å². The second-order valence-electron chi connectivity index (χ2n) is 4.91. The van der Waals surface area contributed by atoms with Crippen LogP contribution in [0.25, 0.3) is 5.69 Å². The number of carbonyl (C=O) groups excluding carboxylic acids is 1. The van der Waals surface area contributed by atoms with E-state index in [9.17, 15) is 9.18 Å². The Morgan fingerprint density at radius 3 is 2.57 bits per heavy atom. The zero-order valence-corrected chi connectivity index (χ0v) is 12.5. The molecular weight excluding hydrogens is 295 g/mol. The van der Waals surface area contributed by atoms with Gasteiger partial charge in [0.15, 0.2) is 0 Å². The SMILES string of the molecule is COc1ccccc1NC(=O)c1cc(F)ccc1-n1cccc1. The maximum atomic E-state index is 13.6. The molecule has 4 nitrogen and oxygen atoms in total. The van der Waals surface area contributed by atoms with E-state index in [0.717, 1.165) is 0 Å². The summed E-state index contributed by atoms with van der Waals surface area (Å²) < 4.78 is 20.6. The predicted octanol–water partition coefficient (Wildman–Crippen LogP) is 3.88. The molecule has 3 rings (SSSR count). The minimum atomic E-state index is -0.467. The molecule has 0 bridgehead atoms. The Kier molecular flexibility index (Phi) is 4.10. The van der Waals surface area contributed by atoms with E-state index in [1.165, 1.54) is 19.2 Å². The normalized spacial score (nSPS) is 10.3. The highest BCUT2D eigenvalue weighted by molar-refractivity contribution is 6.07. The van der Waals surface area contributed by atoms with Gasteiger partial charge in [0.1, 0.15) is 11.6 Å². The smallest absolute Gasteiger partial charge is 0.258 e. The number of rotatable bonds is 4. The van der Waals surface area contributed by atoms with E-state index < -0.39 is 11.7 Å². The molecule has 0 aliphatic heterocycles. The van der Waals surface area contributed by atoms with Gasteiger partial charge in [0.25, 0.3) is 5.91 Å². The molecule has 0 aliphatic rings. The Morgan fingerprint density at radius 1 is 1.09 bits per heavy atom. The zero-order valence-electron chi connectivity index (χ0n) is 12.5. The number of halogens is 1. The lowest BCUT2D eigenvalue weighted by molar-refractivity contribution is 0.102. The van der Waals surface area contributed by atoms with Crippen molar-refractivity contribution in [2.45, 2.75) is 0 Å². The van der Waals surface area contributed by atoms with Gasteiger partial charge in [-0.15, -0.1) is 0 Å². The second-order valence-corrected chi connectivity index (χ2v) is 4.91. The summed E-state index contributed by atoms with van der Waals surface area (Å²) in [5, 5.41) is 2.76. The van der Waals surface area contributed by atoms with Crippen LogP contribution in [0, 0.1) is 5.82 Å². The van der Waals surface area contributed by atoms with Crippen molar-refractivity contribution in [3.8, 4) is 11.4 Å². The zero-order chi connectivity index (χ0) is 16.2. The molecule has 0 radical (unpaired) electrons. The summed E-state index contributed by atoms with van der Waals surface area (Å²) in [4.78, 5) is 12.6. The second kappa shape index (κ2) is 6.36. The van der Waals surface area contributed by atoms with Crippen LogP contribution in [-0.2, 0) is 0 Å². The fourth-order valence-electron chi connectivity index (χ4n) is 2.35. The molecule has 0 fully saturated rings. The van der Waals surface area contributed by atoms with E-state index >= 15 is 0 Å². The van der Waals surface area contributed by atoms with Crippen LogP contribution in [0.5, 0.6) is 5.75 Å². The van der Waals surface area contributed by atoms with Crippen LogP contribution < -0.4 is 10.1 Å². The Bertz CT molecular complexity index is 829. The third kappa shape index (κ3) is 3.08. The van der Waals surface area contributed by atoms with E-state index in [4.69, 9.17) is 4.74 Å². The summed E-state index contributed by atoms with van der Waals surface area (Å²) in [5.74, 6) is -0.330. The molecular formula is C18H15FN2O2. The average molecular weight is 310 g/mol. The lowest BCUT2D eigenvalue weighted by atomic mass is 10.1. The molecule has 0 unspecified atom stereocenters. The highest BCUT2D eigenvalue weighted by Crippen LogP contribution is 2.25. The van der Waals surface area contributed by atoms with Gasteiger partial charge in [0, 0.05) is 12.4 Å². The highest BCUT2D eigenvalue weighted by atomic mass is 19.1. The quantitative estimate of drug-likeness (QED) is 0.795. The third-order valence-corrected chi connectivity index (χ3v) is 3.44. The van der Waals surface area contributed by atoms with Gasteiger partial charge >= 0.3 is 0 Å². The van der Waals surface area contributed by atoms with Crippen LogP contribution in [0.4, 0.5) is 10.1 Å². The highest BCUT2D eigenvalue weighted by Gasteiger charge is 2.15. The molecule has 0 saturated heterocycles. The average Bonchev–Trinajstić information content (AvgIpc) is 3.09. The van der Waals surface area contributed by atoms with Gasteiger partial charge in [0.05, 0.1) is 24.0 Å². The molecule has 1 amide bonds. The Morgan fingerprint density at radius 2 is 1.83 bits per heavy atom. The summed E-state index contributed by atoms with van der Waals surface area (Å²) in [6, 6.07) is 14.9. The molecule has 3 aromatic rings. The van der Waals surface area contributed by atoms with Gasteiger partial charge in [-0.05, 0) is 42.5 Å². The van der Waals surface area contributed by atoms with Gasteiger partial charge in [-0.25, -0.2) is 4.39 Å². The van der Waals surface area contributed by atoms with E-state index in [1.807, 2.05) is 18.2 Å². The number of methoxy groups -OCH3 is 1. The Hall–Kier alpha value is -3.08. The first kappa shape index (κ1) is 14.8. The number of hydrogen-bond acceptors (Lipinski definition) is 2. The lowest BCUT2D eigenvalue weighted by Crippen LogP contribution is -2.15. The van der Waals surface area contributed by atoms with E-state index in [-0.39, 0.29) is 5.56 Å². The molecule has 116 valence electrons.